The van der Waals surface area contributed by atoms with Crippen molar-refractivity contribution in [3.8, 4) is 0 Å². The maximum atomic E-state index is 11.4. The van der Waals surface area contributed by atoms with Gasteiger partial charge in [-0.2, -0.15) is 4.98 Å². The summed E-state index contributed by atoms with van der Waals surface area (Å²) in [4.78, 5) is 16.9. The van der Waals surface area contributed by atoms with Crippen molar-refractivity contribution in [3.63, 3.8) is 0 Å². The summed E-state index contributed by atoms with van der Waals surface area (Å²) in [7, 11) is 3.28. The Hall–Kier alpha value is -1.83. The van der Waals surface area contributed by atoms with Gasteiger partial charge >= 0.3 is 0 Å². The lowest BCUT2D eigenvalue weighted by molar-refractivity contribution is -0.119. The molecule has 0 spiro atoms. The normalized spacial score (nSPS) is 10.1. The van der Waals surface area contributed by atoms with Gasteiger partial charge in [-0.1, -0.05) is 0 Å². The number of carbonyl (C=O) groups is 1. The number of nitrogen functional groups attached to an aromatic ring is 1. The zero-order valence-corrected chi connectivity index (χ0v) is 9.36. The molecule has 1 aromatic rings. The third-order valence-electron chi connectivity index (χ3n) is 1.84. The lowest BCUT2D eigenvalue weighted by atomic mass is 10.5. The Balaban J connectivity index is 2.33. The number of methoxy groups -OCH3 is 1. The minimum atomic E-state index is -0.122. The number of nitrogens with two attached hydrogens (primary N) is 1. The molecule has 0 atom stereocenters. The zero-order chi connectivity index (χ0) is 12.0. The average Bonchev–Trinajstić information content (AvgIpc) is 2.65. The number of aromatic nitrogens is 3. The molecular formula is C8H16N6O2. The fourth-order valence-electron chi connectivity index (χ4n) is 1.07. The van der Waals surface area contributed by atoms with E-state index in [1.165, 1.54) is 0 Å². The Morgan fingerprint density at radius 3 is 3.00 bits per heavy atom. The van der Waals surface area contributed by atoms with E-state index < -0.39 is 0 Å². The maximum absolute atomic E-state index is 11.4. The Morgan fingerprint density at radius 1 is 1.69 bits per heavy atom. The number of anilines is 2. The zero-order valence-electron chi connectivity index (χ0n) is 9.36. The summed E-state index contributed by atoms with van der Waals surface area (Å²) < 4.78 is 4.81. The number of amides is 1. The highest BCUT2D eigenvalue weighted by Gasteiger charge is 2.10. The highest BCUT2D eigenvalue weighted by Crippen LogP contribution is 2.03. The molecule has 0 aliphatic heterocycles. The van der Waals surface area contributed by atoms with Crippen LogP contribution in [0.1, 0.15) is 0 Å². The molecule has 1 amide bonds. The van der Waals surface area contributed by atoms with Crippen molar-refractivity contribution in [2.24, 2.45) is 0 Å². The fraction of sp³-hybridized carbons (Fsp3) is 0.625. The summed E-state index contributed by atoms with van der Waals surface area (Å²) in [6.45, 7) is 1.14. The topological polar surface area (TPSA) is 109 Å². The van der Waals surface area contributed by atoms with Crippen LogP contribution >= 0.6 is 0 Å². The number of likely N-dealkylation sites (N-methyl/N-ethyl adjacent to an activating group) is 1. The number of ether oxygens (including phenoxy) is 1. The molecule has 1 aromatic heterocycles. The van der Waals surface area contributed by atoms with Gasteiger partial charge in [-0.3, -0.25) is 4.79 Å². The molecule has 90 valence electrons. The van der Waals surface area contributed by atoms with Crippen molar-refractivity contribution < 1.29 is 9.53 Å². The first-order valence-corrected chi connectivity index (χ1v) is 4.78. The van der Waals surface area contributed by atoms with Crippen LogP contribution in [0.4, 0.5) is 11.9 Å². The second-order valence-corrected chi connectivity index (χ2v) is 3.22. The van der Waals surface area contributed by atoms with E-state index in [4.69, 9.17) is 10.5 Å². The number of hydrogen-bond acceptors (Lipinski definition) is 6. The van der Waals surface area contributed by atoms with Crippen molar-refractivity contribution in [2.75, 3.05) is 44.5 Å². The van der Waals surface area contributed by atoms with Gasteiger partial charge in [-0.05, 0) is 0 Å². The standard InChI is InChI=1S/C8H16N6O2/c1-14(8-11-7(9)12-13-8)5-6(15)10-3-4-16-2/h3-5H2,1-2H3,(H,10,15)(H3,9,11,12,13). The van der Waals surface area contributed by atoms with Crippen LogP contribution < -0.4 is 16.0 Å². The van der Waals surface area contributed by atoms with Crippen LogP contribution in [-0.4, -0.2) is 54.9 Å². The van der Waals surface area contributed by atoms with Crippen molar-refractivity contribution >= 4 is 17.8 Å². The molecule has 16 heavy (non-hydrogen) atoms. The van der Waals surface area contributed by atoms with Crippen molar-refractivity contribution in [1.29, 1.82) is 0 Å². The summed E-state index contributed by atoms with van der Waals surface area (Å²) in [5.74, 6) is 0.490. The first-order chi connectivity index (χ1) is 7.63. The van der Waals surface area contributed by atoms with Crippen LogP contribution in [0.2, 0.25) is 0 Å². The van der Waals surface area contributed by atoms with Gasteiger partial charge in [-0.25, -0.2) is 5.10 Å². The number of carbonyl (C=O) groups excluding carboxylic acids is 1. The molecule has 0 aliphatic carbocycles. The quantitative estimate of drug-likeness (QED) is 0.516. The molecule has 0 fully saturated rings. The van der Waals surface area contributed by atoms with E-state index in [2.05, 4.69) is 20.5 Å². The molecule has 0 saturated carbocycles. The van der Waals surface area contributed by atoms with Crippen LogP contribution in [-0.2, 0) is 9.53 Å². The lowest BCUT2D eigenvalue weighted by Gasteiger charge is -2.13. The SMILES string of the molecule is COCCNC(=O)CN(C)c1n[nH]c(N)n1. The van der Waals surface area contributed by atoms with E-state index >= 15 is 0 Å². The molecule has 1 rings (SSSR count). The fourth-order valence-corrected chi connectivity index (χ4v) is 1.07. The second kappa shape index (κ2) is 5.91. The van der Waals surface area contributed by atoms with Gasteiger partial charge in [0.2, 0.25) is 17.8 Å². The number of nitrogens with one attached hydrogen (secondary N) is 2. The third kappa shape index (κ3) is 3.73. The number of nitrogens with zero attached hydrogens (tertiary/aromatic N) is 3. The Morgan fingerprint density at radius 2 is 2.44 bits per heavy atom. The number of H-pyrrole nitrogens is 1. The van der Waals surface area contributed by atoms with E-state index in [-0.39, 0.29) is 18.4 Å². The Labute approximate surface area is 93.2 Å². The van der Waals surface area contributed by atoms with Gasteiger partial charge in [0.1, 0.15) is 0 Å². The number of aromatic amines is 1. The summed E-state index contributed by atoms with van der Waals surface area (Å²) in [5.41, 5.74) is 5.37. The predicted molar refractivity (Wildman–Crippen MR) is 59.0 cm³/mol. The van der Waals surface area contributed by atoms with Gasteiger partial charge in [0, 0.05) is 20.7 Å². The van der Waals surface area contributed by atoms with Crippen LogP contribution in [0.5, 0.6) is 0 Å². The minimum Gasteiger partial charge on any atom is -0.383 e. The van der Waals surface area contributed by atoms with Gasteiger partial charge in [0.15, 0.2) is 0 Å². The van der Waals surface area contributed by atoms with Crippen molar-refractivity contribution in [3.05, 3.63) is 0 Å². The van der Waals surface area contributed by atoms with Crippen molar-refractivity contribution in [2.45, 2.75) is 0 Å². The maximum Gasteiger partial charge on any atom is 0.246 e. The highest BCUT2D eigenvalue weighted by atomic mass is 16.5. The van der Waals surface area contributed by atoms with E-state index in [1.807, 2.05) is 0 Å². The van der Waals surface area contributed by atoms with E-state index in [1.54, 1.807) is 19.1 Å². The Kier molecular flexibility index (Phi) is 4.52. The van der Waals surface area contributed by atoms with Crippen LogP contribution in [0.3, 0.4) is 0 Å². The lowest BCUT2D eigenvalue weighted by Crippen LogP contribution is -2.37. The van der Waals surface area contributed by atoms with E-state index in [0.717, 1.165) is 0 Å². The van der Waals surface area contributed by atoms with Crippen molar-refractivity contribution in [1.82, 2.24) is 20.5 Å². The highest BCUT2D eigenvalue weighted by molar-refractivity contribution is 5.80. The second-order valence-electron chi connectivity index (χ2n) is 3.22. The molecular weight excluding hydrogens is 212 g/mol. The first-order valence-electron chi connectivity index (χ1n) is 4.78. The monoisotopic (exact) mass is 228 g/mol. The van der Waals surface area contributed by atoms with Crippen LogP contribution in [0.25, 0.3) is 0 Å². The third-order valence-corrected chi connectivity index (χ3v) is 1.84. The van der Waals surface area contributed by atoms with Gasteiger partial charge < -0.3 is 20.7 Å². The molecule has 0 saturated heterocycles. The van der Waals surface area contributed by atoms with Gasteiger partial charge in [0.25, 0.3) is 0 Å². The van der Waals surface area contributed by atoms with E-state index in [0.29, 0.717) is 19.1 Å². The Bertz CT molecular complexity index is 339. The molecule has 8 heteroatoms. The summed E-state index contributed by atoms with van der Waals surface area (Å²) in [6.07, 6.45) is 0. The number of hydrogen-bond donors (Lipinski definition) is 3. The smallest absolute Gasteiger partial charge is 0.246 e. The summed E-state index contributed by atoms with van der Waals surface area (Å²) in [5, 5.41) is 9.01. The molecule has 8 nitrogen and oxygen atoms in total. The minimum absolute atomic E-state index is 0.122. The molecule has 0 aromatic carbocycles. The largest absolute Gasteiger partial charge is 0.383 e. The predicted octanol–water partition coefficient (Wildman–Crippen LogP) is -1.41. The summed E-state index contributed by atoms with van der Waals surface area (Å²) >= 11 is 0. The molecule has 0 radical (unpaired) electrons. The molecule has 0 aliphatic rings. The molecule has 4 N–H and O–H groups in total. The van der Waals surface area contributed by atoms with Gasteiger partial charge in [-0.15, -0.1) is 5.10 Å². The summed E-state index contributed by atoms with van der Waals surface area (Å²) in [6, 6.07) is 0. The average molecular weight is 228 g/mol. The first kappa shape index (κ1) is 12.2. The van der Waals surface area contributed by atoms with Gasteiger partial charge in [0.05, 0.1) is 13.2 Å². The molecule has 0 unspecified atom stereocenters. The van der Waals surface area contributed by atoms with Crippen LogP contribution in [0.15, 0.2) is 0 Å². The van der Waals surface area contributed by atoms with E-state index in [9.17, 15) is 4.79 Å². The molecule has 1 heterocycles. The number of rotatable bonds is 6. The van der Waals surface area contributed by atoms with Crippen LogP contribution in [0, 0.1) is 0 Å². The molecule has 0 bridgehead atoms.